The fraction of sp³-hybridized carbons (Fsp3) is 0.0714. The minimum Gasteiger partial charge on any atom is -0.508 e. The number of carboxylic acids is 1. The van der Waals surface area contributed by atoms with Crippen LogP contribution in [-0.2, 0) is 4.79 Å². The van der Waals surface area contributed by atoms with Crippen molar-refractivity contribution in [2.45, 2.75) is 6.04 Å². The lowest BCUT2D eigenvalue weighted by Crippen LogP contribution is -2.08. The number of benzene rings is 2. The summed E-state index contributed by atoms with van der Waals surface area (Å²) in [7, 11) is 0. The fourth-order valence-electron chi connectivity index (χ4n) is 1.54. The van der Waals surface area contributed by atoms with Crippen molar-refractivity contribution in [2.24, 2.45) is 10.2 Å². The molecule has 2 aromatic carbocycles. The van der Waals surface area contributed by atoms with Crippen LogP contribution in [0.1, 0.15) is 11.6 Å². The summed E-state index contributed by atoms with van der Waals surface area (Å²) < 4.78 is 0. The van der Waals surface area contributed by atoms with Crippen LogP contribution in [0, 0.1) is 0 Å². The first-order valence-corrected chi connectivity index (χ1v) is 5.64. The molecule has 0 radical (unpaired) electrons. The Balaban J connectivity index is 2.22. The normalized spacial score (nSPS) is 12.4. The summed E-state index contributed by atoms with van der Waals surface area (Å²) in [4.78, 5) is 11.2. The second kappa shape index (κ2) is 5.77. The highest BCUT2D eigenvalue weighted by Gasteiger charge is 2.18. The summed E-state index contributed by atoms with van der Waals surface area (Å²) >= 11 is 0. The number of hydrogen-bond acceptors (Lipinski definition) is 4. The van der Waals surface area contributed by atoms with Gasteiger partial charge in [0, 0.05) is 0 Å². The maximum Gasteiger partial charge on any atom is 0.335 e. The molecule has 1 atom stereocenters. The van der Waals surface area contributed by atoms with E-state index in [1.807, 2.05) is 0 Å². The summed E-state index contributed by atoms with van der Waals surface area (Å²) in [6.07, 6.45) is 0. The molecule has 0 heterocycles. The maximum atomic E-state index is 11.2. The zero-order valence-electron chi connectivity index (χ0n) is 9.97. The van der Waals surface area contributed by atoms with Gasteiger partial charge in [-0.2, -0.15) is 10.2 Å². The van der Waals surface area contributed by atoms with Crippen molar-refractivity contribution in [1.82, 2.24) is 0 Å². The molecule has 19 heavy (non-hydrogen) atoms. The van der Waals surface area contributed by atoms with E-state index in [2.05, 4.69) is 10.2 Å². The number of hydrogen-bond donors (Lipinski definition) is 2. The molecule has 0 aromatic heterocycles. The van der Waals surface area contributed by atoms with Crippen LogP contribution < -0.4 is 0 Å². The molecule has 0 spiro atoms. The van der Waals surface area contributed by atoms with E-state index in [0.717, 1.165) is 0 Å². The Kier molecular flexibility index (Phi) is 3.87. The molecule has 1 unspecified atom stereocenters. The molecule has 96 valence electrons. The molecule has 0 aliphatic carbocycles. The predicted molar refractivity (Wildman–Crippen MR) is 69.4 cm³/mol. The van der Waals surface area contributed by atoms with Crippen molar-refractivity contribution in [3.8, 4) is 5.75 Å². The quantitative estimate of drug-likeness (QED) is 0.823. The number of azo groups is 1. The maximum absolute atomic E-state index is 11.2. The molecule has 0 aliphatic heterocycles. The molecular weight excluding hydrogens is 244 g/mol. The summed E-state index contributed by atoms with van der Waals surface area (Å²) in [6, 6.07) is 13.7. The van der Waals surface area contributed by atoms with E-state index in [0.29, 0.717) is 11.3 Å². The van der Waals surface area contributed by atoms with Crippen LogP contribution in [0.2, 0.25) is 0 Å². The van der Waals surface area contributed by atoms with Crippen LogP contribution in [0.5, 0.6) is 5.75 Å². The van der Waals surface area contributed by atoms with Crippen LogP contribution in [0.25, 0.3) is 0 Å². The van der Waals surface area contributed by atoms with Gasteiger partial charge in [-0.3, -0.25) is 0 Å². The highest BCUT2D eigenvalue weighted by molar-refractivity contribution is 5.75. The number of rotatable bonds is 4. The van der Waals surface area contributed by atoms with Gasteiger partial charge in [-0.1, -0.05) is 30.3 Å². The minimum absolute atomic E-state index is 0.122. The first kappa shape index (κ1) is 12.8. The average Bonchev–Trinajstić information content (AvgIpc) is 2.42. The van der Waals surface area contributed by atoms with Crippen LogP contribution >= 0.6 is 0 Å². The minimum atomic E-state index is -1.06. The molecule has 2 aromatic rings. The van der Waals surface area contributed by atoms with Crippen LogP contribution in [0.4, 0.5) is 5.69 Å². The Morgan fingerprint density at radius 3 is 2.21 bits per heavy atom. The Morgan fingerprint density at radius 2 is 1.63 bits per heavy atom. The molecule has 0 bridgehead atoms. The molecule has 0 saturated carbocycles. The number of phenols is 1. The van der Waals surface area contributed by atoms with Gasteiger partial charge in [-0.25, -0.2) is 4.79 Å². The lowest BCUT2D eigenvalue weighted by Gasteiger charge is -2.05. The number of aromatic hydroxyl groups is 1. The van der Waals surface area contributed by atoms with E-state index in [9.17, 15) is 4.79 Å². The van der Waals surface area contributed by atoms with E-state index in [4.69, 9.17) is 10.2 Å². The molecule has 2 N–H and O–H groups in total. The fourth-order valence-corrected chi connectivity index (χ4v) is 1.54. The summed E-state index contributed by atoms with van der Waals surface area (Å²) in [5.74, 6) is -0.939. The summed E-state index contributed by atoms with van der Waals surface area (Å²) in [5, 5.41) is 26.0. The Morgan fingerprint density at radius 1 is 1.00 bits per heavy atom. The molecule has 0 fully saturated rings. The second-order valence-electron chi connectivity index (χ2n) is 3.88. The smallest absolute Gasteiger partial charge is 0.335 e. The molecule has 5 nitrogen and oxygen atoms in total. The number of carbonyl (C=O) groups is 1. The third-order valence-electron chi connectivity index (χ3n) is 2.49. The third-order valence-corrected chi connectivity index (χ3v) is 2.49. The number of carboxylic acid groups (broad SMARTS) is 1. The third kappa shape index (κ3) is 3.38. The van der Waals surface area contributed by atoms with E-state index in [1.54, 1.807) is 42.5 Å². The van der Waals surface area contributed by atoms with Crippen molar-refractivity contribution >= 4 is 11.7 Å². The molecule has 0 aliphatic rings. The van der Waals surface area contributed by atoms with Crippen molar-refractivity contribution in [1.29, 1.82) is 0 Å². The average molecular weight is 256 g/mol. The predicted octanol–water partition coefficient (Wildman–Crippen LogP) is 3.30. The molecular formula is C14H12N2O3. The second-order valence-corrected chi connectivity index (χ2v) is 3.88. The topological polar surface area (TPSA) is 82.2 Å². The zero-order chi connectivity index (χ0) is 13.7. The zero-order valence-corrected chi connectivity index (χ0v) is 9.97. The number of aliphatic carboxylic acids is 1. The summed E-state index contributed by atoms with van der Waals surface area (Å²) in [6.45, 7) is 0. The monoisotopic (exact) mass is 256 g/mol. The van der Waals surface area contributed by atoms with Gasteiger partial charge in [0.2, 0.25) is 0 Å². The Labute approximate surface area is 109 Å². The van der Waals surface area contributed by atoms with Crippen molar-refractivity contribution in [2.75, 3.05) is 0 Å². The van der Waals surface area contributed by atoms with Gasteiger partial charge in [0.05, 0.1) is 5.69 Å². The number of nitrogens with zero attached hydrogens (tertiary/aromatic N) is 2. The molecule has 0 saturated heterocycles. The van der Waals surface area contributed by atoms with Gasteiger partial charge >= 0.3 is 5.97 Å². The van der Waals surface area contributed by atoms with Crippen LogP contribution in [0.15, 0.2) is 64.8 Å². The highest BCUT2D eigenvalue weighted by atomic mass is 16.4. The van der Waals surface area contributed by atoms with E-state index in [1.165, 1.54) is 12.1 Å². The number of phenolic OH excluding ortho intramolecular Hbond substituents is 1. The van der Waals surface area contributed by atoms with Gasteiger partial charge < -0.3 is 10.2 Å². The SMILES string of the molecule is O=C(O)C(N=Nc1ccc(O)cc1)c1ccccc1. The lowest BCUT2D eigenvalue weighted by molar-refractivity contribution is -0.138. The van der Waals surface area contributed by atoms with Crippen molar-refractivity contribution < 1.29 is 15.0 Å². The van der Waals surface area contributed by atoms with Crippen molar-refractivity contribution in [3.63, 3.8) is 0 Å². The molecule has 5 heteroatoms. The van der Waals surface area contributed by atoms with Gasteiger partial charge in [-0.05, 0) is 29.8 Å². The van der Waals surface area contributed by atoms with Crippen LogP contribution in [0.3, 0.4) is 0 Å². The first-order chi connectivity index (χ1) is 9.16. The van der Waals surface area contributed by atoms with Crippen molar-refractivity contribution in [3.05, 3.63) is 60.2 Å². The lowest BCUT2D eigenvalue weighted by atomic mass is 10.1. The van der Waals surface area contributed by atoms with Gasteiger partial charge in [0.1, 0.15) is 5.75 Å². The van der Waals surface area contributed by atoms with E-state index in [-0.39, 0.29) is 5.75 Å². The molecule has 0 amide bonds. The van der Waals surface area contributed by atoms with Gasteiger partial charge in [-0.15, -0.1) is 0 Å². The highest BCUT2D eigenvalue weighted by Crippen LogP contribution is 2.22. The van der Waals surface area contributed by atoms with Gasteiger partial charge in [0.25, 0.3) is 0 Å². The van der Waals surface area contributed by atoms with E-state index < -0.39 is 12.0 Å². The van der Waals surface area contributed by atoms with Crippen LogP contribution in [-0.4, -0.2) is 16.2 Å². The standard InChI is InChI=1S/C14H12N2O3/c17-12-8-6-11(7-9-12)15-16-13(14(18)19)10-4-2-1-3-5-10/h1-9,13,17H,(H,18,19). The Hall–Kier alpha value is -2.69. The first-order valence-electron chi connectivity index (χ1n) is 5.64. The van der Waals surface area contributed by atoms with Gasteiger partial charge in [0.15, 0.2) is 6.04 Å². The van der Waals surface area contributed by atoms with E-state index >= 15 is 0 Å². The molecule has 2 rings (SSSR count). The Bertz CT molecular complexity index is 579. The largest absolute Gasteiger partial charge is 0.508 e. The summed E-state index contributed by atoms with van der Waals surface area (Å²) in [5.41, 5.74) is 1.05.